The Labute approximate surface area is 130 Å². The van der Waals surface area contributed by atoms with Gasteiger partial charge in [0.1, 0.15) is 0 Å². The highest BCUT2D eigenvalue weighted by atomic mass is 79.9. The number of alkyl halides is 1. The Kier molecular flexibility index (Phi) is 5.87. The zero-order valence-electron chi connectivity index (χ0n) is 11.1. The molecule has 1 unspecified atom stereocenters. The van der Waals surface area contributed by atoms with Crippen LogP contribution in [0.15, 0.2) is 9.85 Å². The molecule has 0 bridgehead atoms. The van der Waals surface area contributed by atoms with Gasteiger partial charge in [0.05, 0.1) is 8.66 Å². The first-order valence-corrected chi connectivity index (χ1v) is 8.40. The van der Waals surface area contributed by atoms with Gasteiger partial charge in [-0.05, 0) is 46.3 Å². The number of amides is 1. The lowest BCUT2D eigenvalue weighted by Gasteiger charge is -2.22. The fourth-order valence-electron chi connectivity index (χ4n) is 1.60. The summed E-state index contributed by atoms with van der Waals surface area (Å²) in [5, 5.41) is 2.97. The van der Waals surface area contributed by atoms with Crippen LogP contribution in [0.3, 0.4) is 0 Å². The second-order valence-electron chi connectivity index (χ2n) is 5.64. The van der Waals surface area contributed by atoms with Gasteiger partial charge in [-0.1, -0.05) is 36.7 Å². The number of carbonyl (C=O) groups is 1. The molecule has 1 aromatic rings. The van der Waals surface area contributed by atoms with E-state index in [4.69, 9.17) is 0 Å². The molecular weight excluding hydrogens is 378 g/mol. The predicted octanol–water partition coefficient (Wildman–Crippen LogP) is 4.75. The van der Waals surface area contributed by atoms with Crippen LogP contribution in [-0.2, 0) is 0 Å². The molecule has 0 aliphatic carbocycles. The summed E-state index contributed by atoms with van der Waals surface area (Å²) in [5.74, 6) is 0.00663. The minimum Gasteiger partial charge on any atom is -0.350 e. The first-order chi connectivity index (χ1) is 8.19. The van der Waals surface area contributed by atoms with Crippen molar-refractivity contribution in [3.8, 4) is 0 Å². The van der Waals surface area contributed by atoms with Gasteiger partial charge < -0.3 is 5.32 Å². The maximum Gasteiger partial charge on any atom is 0.261 e. The maximum absolute atomic E-state index is 11.9. The fourth-order valence-corrected chi connectivity index (χ4v) is 4.18. The van der Waals surface area contributed by atoms with Crippen LogP contribution in [0.5, 0.6) is 0 Å². The number of carbonyl (C=O) groups excluding carboxylic acids is 1. The fraction of sp³-hybridized carbons (Fsp3) is 0.615. The topological polar surface area (TPSA) is 29.1 Å². The zero-order valence-corrected chi connectivity index (χ0v) is 15.1. The summed E-state index contributed by atoms with van der Waals surface area (Å²) in [5.41, 5.74) is 1.37. The van der Waals surface area contributed by atoms with Gasteiger partial charge in [-0.15, -0.1) is 11.3 Å². The summed E-state index contributed by atoms with van der Waals surface area (Å²) in [6.45, 7) is 9.24. The molecule has 0 spiro atoms. The van der Waals surface area contributed by atoms with Crippen LogP contribution < -0.4 is 5.32 Å². The molecule has 0 saturated carbocycles. The van der Waals surface area contributed by atoms with Gasteiger partial charge in [0.25, 0.3) is 5.91 Å². The minimum atomic E-state index is 0.00663. The summed E-state index contributed by atoms with van der Waals surface area (Å²) in [6.07, 6.45) is 1.03. The molecule has 102 valence electrons. The van der Waals surface area contributed by atoms with Crippen LogP contribution in [-0.4, -0.2) is 17.3 Å². The van der Waals surface area contributed by atoms with Gasteiger partial charge in [-0.3, -0.25) is 4.79 Å². The standard InChI is InChI=1S/C13H19Br2NOS/c1-8-5-10(18-11(8)15)12(17)16-7-9(14)6-13(2,3)4/h5,9H,6-7H2,1-4H3,(H,16,17). The number of hydrogen-bond donors (Lipinski definition) is 1. The van der Waals surface area contributed by atoms with Gasteiger partial charge in [-0.2, -0.15) is 0 Å². The number of rotatable bonds is 4. The first kappa shape index (κ1) is 16.2. The Balaban J connectivity index is 2.46. The highest BCUT2D eigenvalue weighted by Gasteiger charge is 2.18. The Bertz CT molecular complexity index is 404. The Morgan fingerprint density at radius 1 is 1.50 bits per heavy atom. The van der Waals surface area contributed by atoms with Crippen molar-refractivity contribution < 1.29 is 4.79 Å². The number of hydrogen-bond acceptors (Lipinski definition) is 2. The summed E-state index contributed by atoms with van der Waals surface area (Å²) < 4.78 is 1.03. The normalized spacial score (nSPS) is 13.4. The molecule has 1 amide bonds. The van der Waals surface area contributed by atoms with E-state index in [2.05, 4.69) is 57.9 Å². The predicted molar refractivity (Wildman–Crippen MR) is 85.9 cm³/mol. The van der Waals surface area contributed by atoms with E-state index in [1.165, 1.54) is 11.3 Å². The molecule has 1 N–H and O–H groups in total. The average molecular weight is 397 g/mol. The van der Waals surface area contributed by atoms with Gasteiger partial charge in [0.2, 0.25) is 0 Å². The zero-order chi connectivity index (χ0) is 13.9. The van der Waals surface area contributed by atoms with E-state index in [1.54, 1.807) is 0 Å². The van der Waals surface area contributed by atoms with Gasteiger partial charge >= 0.3 is 0 Å². The van der Waals surface area contributed by atoms with Crippen LogP contribution in [0.4, 0.5) is 0 Å². The van der Waals surface area contributed by atoms with Crippen LogP contribution in [0, 0.1) is 12.3 Å². The molecule has 0 radical (unpaired) electrons. The second kappa shape index (κ2) is 6.53. The smallest absolute Gasteiger partial charge is 0.261 e. The largest absolute Gasteiger partial charge is 0.350 e. The number of halogens is 2. The van der Waals surface area contributed by atoms with Crippen molar-refractivity contribution in [3.63, 3.8) is 0 Å². The van der Waals surface area contributed by atoms with Crippen molar-refractivity contribution in [2.45, 2.75) is 38.9 Å². The van der Waals surface area contributed by atoms with Crippen LogP contribution >= 0.6 is 43.2 Å². The van der Waals surface area contributed by atoms with E-state index in [-0.39, 0.29) is 11.3 Å². The summed E-state index contributed by atoms with van der Waals surface area (Å²) in [6, 6.07) is 1.91. The lowest BCUT2D eigenvalue weighted by Crippen LogP contribution is -2.30. The van der Waals surface area contributed by atoms with E-state index in [9.17, 15) is 4.79 Å². The molecule has 18 heavy (non-hydrogen) atoms. The molecule has 0 fully saturated rings. The van der Waals surface area contributed by atoms with Crippen LogP contribution in [0.1, 0.15) is 42.4 Å². The Morgan fingerprint density at radius 2 is 2.11 bits per heavy atom. The van der Waals surface area contributed by atoms with Gasteiger partial charge in [0, 0.05) is 11.4 Å². The van der Waals surface area contributed by atoms with E-state index in [0.717, 1.165) is 20.6 Å². The molecule has 1 rings (SSSR count). The lowest BCUT2D eigenvalue weighted by molar-refractivity contribution is 0.0956. The molecule has 1 atom stereocenters. The van der Waals surface area contributed by atoms with E-state index in [1.807, 2.05) is 13.0 Å². The van der Waals surface area contributed by atoms with Crippen molar-refractivity contribution in [1.82, 2.24) is 5.32 Å². The summed E-state index contributed by atoms with van der Waals surface area (Å²) in [7, 11) is 0. The number of nitrogens with one attached hydrogen (secondary N) is 1. The minimum absolute atomic E-state index is 0.00663. The van der Waals surface area contributed by atoms with Crippen molar-refractivity contribution >= 4 is 49.1 Å². The van der Waals surface area contributed by atoms with Crippen molar-refractivity contribution in [2.75, 3.05) is 6.54 Å². The third kappa shape index (κ3) is 5.41. The van der Waals surface area contributed by atoms with E-state index in [0.29, 0.717) is 11.4 Å². The SMILES string of the molecule is Cc1cc(C(=O)NCC(Br)CC(C)(C)C)sc1Br. The molecule has 0 aliphatic rings. The molecule has 1 aromatic heterocycles. The molecule has 0 saturated heterocycles. The monoisotopic (exact) mass is 395 g/mol. The highest BCUT2D eigenvalue weighted by molar-refractivity contribution is 9.11. The average Bonchev–Trinajstić information content (AvgIpc) is 2.53. The van der Waals surface area contributed by atoms with Crippen molar-refractivity contribution in [1.29, 1.82) is 0 Å². The highest BCUT2D eigenvalue weighted by Crippen LogP contribution is 2.27. The molecule has 0 aliphatic heterocycles. The summed E-state index contributed by atoms with van der Waals surface area (Å²) >= 11 is 8.52. The Hall–Kier alpha value is 0.130. The quantitative estimate of drug-likeness (QED) is 0.731. The summed E-state index contributed by atoms with van der Waals surface area (Å²) in [4.78, 5) is 13.0. The van der Waals surface area contributed by atoms with Gasteiger partial charge in [0.15, 0.2) is 0 Å². The Morgan fingerprint density at radius 3 is 2.56 bits per heavy atom. The van der Waals surface area contributed by atoms with Crippen molar-refractivity contribution in [3.05, 3.63) is 20.3 Å². The lowest BCUT2D eigenvalue weighted by atomic mass is 9.90. The van der Waals surface area contributed by atoms with E-state index < -0.39 is 0 Å². The van der Waals surface area contributed by atoms with E-state index >= 15 is 0 Å². The molecule has 2 nitrogen and oxygen atoms in total. The third-order valence-electron chi connectivity index (χ3n) is 2.40. The maximum atomic E-state index is 11.9. The van der Waals surface area contributed by atoms with Crippen molar-refractivity contribution in [2.24, 2.45) is 5.41 Å². The molecular formula is C13H19Br2NOS. The molecule has 5 heteroatoms. The second-order valence-corrected chi connectivity index (χ2v) is 9.30. The molecule has 1 heterocycles. The van der Waals surface area contributed by atoms with Gasteiger partial charge in [-0.25, -0.2) is 0 Å². The number of thiophene rings is 1. The molecule has 0 aromatic carbocycles. The van der Waals surface area contributed by atoms with Crippen LogP contribution in [0.2, 0.25) is 0 Å². The first-order valence-electron chi connectivity index (χ1n) is 5.87. The van der Waals surface area contributed by atoms with Crippen LogP contribution in [0.25, 0.3) is 0 Å². The number of aryl methyl sites for hydroxylation is 1. The third-order valence-corrected chi connectivity index (χ3v) is 5.18.